The number of carbonyl (C=O) groups is 1. The monoisotopic (exact) mass is 452 g/mol. The van der Waals surface area contributed by atoms with Crippen molar-refractivity contribution in [3.8, 4) is 0 Å². The molecule has 1 N–H and O–H groups in total. The van der Waals surface area contributed by atoms with Gasteiger partial charge >= 0.3 is 0 Å². The molecule has 0 saturated heterocycles. The second kappa shape index (κ2) is 26.9. The molecule has 2 nitrogen and oxygen atoms in total. The molecule has 0 unspecified atom stereocenters. The maximum absolute atomic E-state index is 10.9. The van der Waals surface area contributed by atoms with Crippen molar-refractivity contribution in [1.82, 2.24) is 0 Å². The van der Waals surface area contributed by atoms with E-state index in [1.165, 1.54) is 141 Å². The predicted molar refractivity (Wildman–Crippen MR) is 142 cm³/mol. The van der Waals surface area contributed by atoms with Crippen LogP contribution in [0, 0.1) is 0 Å². The topological polar surface area (TPSA) is 37.3 Å². The van der Waals surface area contributed by atoms with Crippen molar-refractivity contribution in [3.63, 3.8) is 0 Å². The third-order valence-corrected chi connectivity index (χ3v) is 6.96. The fourth-order valence-electron chi connectivity index (χ4n) is 4.71. The van der Waals surface area contributed by atoms with Crippen LogP contribution in [0.15, 0.2) is 0 Å². The Hall–Kier alpha value is -0.370. The molecule has 0 spiro atoms. The Bertz CT molecular complexity index is 366. The molecule has 0 aliphatic rings. The van der Waals surface area contributed by atoms with E-state index >= 15 is 0 Å². The maximum Gasteiger partial charge on any atom is 0.129 e. The Morgan fingerprint density at radius 3 is 1.09 bits per heavy atom. The van der Waals surface area contributed by atoms with Crippen LogP contribution in [-0.2, 0) is 4.79 Å². The highest BCUT2D eigenvalue weighted by molar-refractivity contribution is 5.75. The third kappa shape index (κ3) is 27.7. The number of hydrogen-bond donors (Lipinski definition) is 1. The highest BCUT2D eigenvalue weighted by atomic mass is 16.3. The zero-order valence-corrected chi connectivity index (χ0v) is 22.3. The molecule has 0 radical (unpaired) electrons. The van der Waals surface area contributed by atoms with Gasteiger partial charge in [-0.25, -0.2) is 0 Å². The van der Waals surface area contributed by atoms with Gasteiger partial charge in [-0.3, -0.25) is 0 Å². The maximum atomic E-state index is 10.9. The minimum Gasteiger partial charge on any atom is -0.393 e. The molecular weight excluding hydrogens is 392 g/mol. The molecule has 0 fully saturated rings. The van der Waals surface area contributed by atoms with E-state index in [0.29, 0.717) is 5.78 Å². The number of aliphatic hydroxyl groups is 1. The van der Waals surface area contributed by atoms with E-state index in [4.69, 9.17) is 0 Å². The van der Waals surface area contributed by atoms with Gasteiger partial charge in [-0.1, -0.05) is 148 Å². The zero-order valence-electron chi connectivity index (χ0n) is 22.3. The summed E-state index contributed by atoms with van der Waals surface area (Å²) in [5, 5.41) is 10.1. The van der Waals surface area contributed by atoms with Crippen LogP contribution in [0.25, 0.3) is 0 Å². The van der Waals surface area contributed by atoms with E-state index in [1.54, 1.807) is 6.92 Å². The number of ketones is 1. The molecular formula is C30H60O2. The fourth-order valence-corrected chi connectivity index (χ4v) is 4.71. The zero-order chi connectivity index (χ0) is 23.5. The summed E-state index contributed by atoms with van der Waals surface area (Å²) in [4.78, 5) is 10.9. The summed E-state index contributed by atoms with van der Waals surface area (Å²) >= 11 is 0. The lowest BCUT2D eigenvalue weighted by molar-refractivity contribution is -0.117. The Balaban J connectivity index is 3.09. The van der Waals surface area contributed by atoms with Gasteiger partial charge in [-0.15, -0.1) is 0 Å². The number of aliphatic hydroxyl groups excluding tert-OH is 1. The van der Waals surface area contributed by atoms with Crippen molar-refractivity contribution in [2.24, 2.45) is 0 Å². The van der Waals surface area contributed by atoms with E-state index in [0.717, 1.165) is 25.7 Å². The molecule has 0 aliphatic carbocycles. The van der Waals surface area contributed by atoms with Crippen LogP contribution in [0.3, 0.4) is 0 Å². The van der Waals surface area contributed by atoms with Gasteiger partial charge in [0.1, 0.15) is 5.78 Å². The molecule has 0 bridgehead atoms. The summed E-state index contributed by atoms with van der Waals surface area (Å²) in [7, 11) is 0. The van der Waals surface area contributed by atoms with Crippen LogP contribution in [-0.4, -0.2) is 17.0 Å². The molecule has 2 heteroatoms. The Morgan fingerprint density at radius 1 is 0.500 bits per heavy atom. The molecule has 32 heavy (non-hydrogen) atoms. The van der Waals surface area contributed by atoms with Crippen molar-refractivity contribution in [1.29, 1.82) is 0 Å². The number of hydrogen-bond acceptors (Lipinski definition) is 2. The van der Waals surface area contributed by atoms with Crippen molar-refractivity contribution in [2.75, 3.05) is 0 Å². The van der Waals surface area contributed by atoms with Crippen molar-refractivity contribution in [2.45, 2.75) is 187 Å². The van der Waals surface area contributed by atoms with Crippen LogP contribution in [0.1, 0.15) is 181 Å². The second-order valence-corrected chi connectivity index (χ2v) is 10.5. The first-order valence-corrected chi connectivity index (χ1v) is 14.8. The summed E-state index contributed by atoms with van der Waals surface area (Å²) in [5.41, 5.74) is 0. The first-order valence-electron chi connectivity index (χ1n) is 14.8. The normalized spacial score (nSPS) is 12.3. The van der Waals surface area contributed by atoms with Crippen LogP contribution in [0.4, 0.5) is 0 Å². The van der Waals surface area contributed by atoms with Crippen LogP contribution in [0.2, 0.25) is 0 Å². The first kappa shape index (κ1) is 31.6. The van der Waals surface area contributed by atoms with Crippen LogP contribution in [0.5, 0.6) is 0 Å². The fraction of sp³-hybridized carbons (Fsp3) is 0.967. The smallest absolute Gasteiger partial charge is 0.129 e. The van der Waals surface area contributed by atoms with Crippen molar-refractivity contribution >= 4 is 5.78 Å². The van der Waals surface area contributed by atoms with Crippen LogP contribution < -0.4 is 0 Å². The Morgan fingerprint density at radius 2 is 0.781 bits per heavy atom. The summed E-state index contributed by atoms with van der Waals surface area (Å²) in [6, 6.07) is 0. The van der Waals surface area contributed by atoms with Crippen molar-refractivity contribution in [3.05, 3.63) is 0 Å². The predicted octanol–water partition coefficient (Wildman–Crippen LogP) is 10.1. The highest BCUT2D eigenvalue weighted by Gasteiger charge is 2.03. The number of carbonyl (C=O) groups excluding carboxylic acids is 1. The lowest BCUT2D eigenvalue weighted by atomic mass is 10.0. The van der Waals surface area contributed by atoms with E-state index in [1.807, 2.05) is 0 Å². The van der Waals surface area contributed by atoms with Gasteiger partial charge < -0.3 is 9.90 Å². The third-order valence-electron chi connectivity index (χ3n) is 6.96. The molecule has 0 rings (SSSR count). The van der Waals surface area contributed by atoms with Gasteiger partial charge in [-0.05, 0) is 26.2 Å². The highest BCUT2D eigenvalue weighted by Crippen LogP contribution is 2.16. The SMILES string of the molecule is CCCCCCC[C@H](O)CCCCCCCCCCCCCCCCCCCCC(C)=O. The van der Waals surface area contributed by atoms with Gasteiger partial charge in [0, 0.05) is 6.42 Å². The second-order valence-electron chi connectivity index (χ2n) is 10.5. The average molecular weight is 453 g/mol. The van der Waals surface area contributed by atoms with E-state index in [-0.39, 0.29) is 6.10 Å². The van der Waals surface area contributed by atoms with E-state index in [9.17, 15) is 9.90 Å². The Labute approximate surface area is 202 Å². The number of rotatable bonds is 27. The van der Waals surface area contributed by atoms with E-state index < -0.39 is 0 Å². The molecule has 0 saturated carbocycles. The van der Waals surface area contributed by atoms with Crippen LogP contribution >= 0.6 is 0 Å². The summed E-state index contributed by atoms with van der Waals surface area (Å²) in [6.07, 6.45) is 33.8. The molecule has 0 aromatic rings. The summed E-state index contributed by atoms with van der Waals surface area (Å²) in [6.45, 7) is 3.95. The van der Waals surface area contributed by atoms with Gasteiger partial charge in [0.2, 0.25) is 0 Å². The van der Waals surface area contributed by atoms with E-state index in [2.05, 4.69) is 6.92 Å². The van der Waals surface area contributed by atoms with Crippen molar-refractivity contribution < 1.29 is 9.90 Å². The molecule has 0 amide bonds. The summed E-state index contributed by atoms with van der Waals surface area (Å²) in [5.74, 6) is 0.343. The summed E-state index contributed by atoms with van der Waals surface area (Å²) < 4.78 is 0. The molecule has 0 aliphatic heterocycles. The molecule has 0 aromatic heterocycles. The lowest BCUT2D eigenvalue weighted by Crippen LogP contribution is -2.05. The molecule has 0 aromatic carbocycles. The minimum absolute atomic E-state index is 0.0414. The molecule has 1 atom stereocenters. The lowest BCUT2D eigenvalue weighted by Gasteiger charge is -2.10. The quantitative estimate of drug-likeness (QED) is 0.126. The molecule has 0 heterocycles. The standard InChI is InChI=1S/C30H60O2/c1-3-4-5-20-24-27-30(32)28-25-22-19-17-15-13-11-9-7-6-8-10-12-14-16-18-21-23-26-29(2)31/h30,32H,3-28H2,1-2H3/t30-/m0/s1. The average Bonchev–Trinajstić information content (AvgIpc) is 2.77. The van der Waals surface area contributed by atoms with Gasteiger partial charge in [-0.2, -0.15) is 0 Å². The van der Waals surface area contributed by atoms with Gasteiger partial charge in [0.25, 0.3) is 0 Å². The number of unbranched alkanes of at least 4 members (excludes halogenated alkanes) is 21. The minimum atomic E-state index is -0.0414. The molecule has 192 valence electrons. The number of Topliss-reactive ketones (excluding diaryl/α,β-unsaturated/α-hetero) is 1. The first-order chi connectivity index (χ1) is 15.7. The van der Waals surface area contributed by atoms with Gasteiger partial charge in [0.05, 0.1) is 6.10 Å². The largest absolute Gasteiger partial charge is 0.393 e. The Kier molecular flexibility index (Phi) is 26.6. The van der Waals surface area contributed by atoms with Gasteiger partial charge in [0.15, 0.2) is 0 Å².